The fourth-order valence-corrected chi connectivity index (χ4v) is 4.10. The molecule has 0 aromatic carbocycles. The second-order valence-electron chi connectivity index (χ2n) is 7.86. The lowest BCUT2D eigenvalue weighted by molar-refractivity contribution is 0.155. The van der Waals surface area contributed by atoms with Crippen LogP contribution in [0, 0.1) is 29.1 Å². The Hall–Kier alpha value is -0.0800. The Balaban J connectivity index is 1.44. The highest BCUT2D eigenvalue weighted by Crippen LogP contribution is 2.49. The average molecular weight is 264 g/mol. The van der Waals surface area contributed by atoms with Crippen LogP contribution in [0.3, 0.4) is 0 Å². The van der Waals surface area contributed by atoms with Gasteiger partial charge in [0.25, 0.3) is 0 Å². The number of rotatable bonds is 7. The molecule has 3 saturated carbocycles. The molecule has 0 aromatic heterocycles. The van der Waals surface area contributed by atoms with E-state index in [0.717, 1.165) is 30.2 Å². The fraction of sp³-hybridized carbons (Fsp3) is 1.00. The van der Waals surface area contributed by atoms with Gasteiger partial charge in [-0.25, -0.2) is 0 Å². The molecule has 0 heterocycles. The van der Waals surface area contributed by atoms with Crippen molar-refractivity contribution in [2.75, 3.05) is 19.6 Å². The van der Waals surface area contributed by atoms with Crippen molar-refractivity contribution in [3.63, 3.8) is 0 Å². The molecule has 0 radical (unpaired) electrons. The number of hydrogen-bond donors (Lipinski definition) is 2. The predicted molar refractivity (Wildman–Crippen MR) is 80.9 cm³/mol. The summed E-state index contributed by atoms with van der Waals surface area (Å²) in [6.07, 6.45) is 11.5. The molecule has 0 amide bonds. The van der Waals surface area contributed by atoms with Gasteiger partial charge in [0.05, 0.1) is 0 Å². The van der Waals surface area contributed by atoms with E-state index in [0.29, 0.717) is 5.41 Å². The zero-order valence-corrected chi connectivity index (χ0v) is 12.7. The highest BCUT2D eigenvalue weighted by Gasteiger charge is 2.41. The Morgan fingerprint density at radius 1 is 1.05 bits per heavy atom. The minimum atomic E-state index is 0.421. The van der Waals surface area contributed by atoms with E-state index in [4.69, 9.17) is 5.73 Å². The molecule has 19 heavy (non-hydrogen) atoms. The van der Waals surface area contributed by atoms with Gasteiger partial charge in [-0.1, -0.05) is 19.8 Å². The lowest BCUT2D eigenvalue weighted by Crippen LogP contribution is -2.44. The van der Waals surface area contributed by atoms with Gasteiger partial charge >= 0.3 is 0 Å². The van der Waals surface area contributed by atoms with Crippen LogP contribution in [0.1, 0.15) is 58.3 Å². The van der Waals surface area contributed by atoms with Gasteiger partial charge in [0.15, 0.2) is 0 Å². The van der Waals surface area contributed by atoms with Gasteiger partial charge in [0.2, 0.25) is 0 Å². The molecule has 0 atom stereocenters. The largest absolute Gasteiger partial charge is 0.330 e. The summed E-state index contributed by atoms with van der Waals surface area (Å²) < 4.78 is 0. The zero-order chi connectivity index (χ0) is 13.3. The summed E-state index contributed by atoms with van der Waals surface area (Å²) in [5.41, 5.74) is 6.53. The summed E-state index contributed by atoms with van der Waals surface area (Å²) in [5, 5.41) is 3.82. The van der Waals surface area contributed by atoms with Crippen molar-refractivity contribution >= 4 is 0 Å². The second kappa shape index (κ2) is 5.73. The SMILES string of the molecule is CC1CCC(CN)(CNCC(C2CC2)C2CC2)CC1. The van der Waals surface area contributed by atoms with Crippen LogP contribution in [0.15, 0.2) is 0 Å². The first kappa shape index (κ1) is 13.9. The van der Waals surface area contributed by atoms with Crippen LogP contribution in [-0.2, 0) is 0 Å². The summed E-state index contributed by atoms with van der Waals surface area (Å²) in [6.45, 7) is 5.72. The number of nitrogens with two attached hydrogens (primary N) is 1. The first-order valence-electron chi connectivity index (χ1n) is 8.63. The fourth-order valence-electron chi connectivity index (χ4n) is 4.10. The topological polar surface area (TPSA) is 38.0 Å². The van der Waals surface area contributed by atoms with Crippen LogP contribution >= 0.6 is 0 Å². The Morgan fingerprint density at radius 2 is 1.63 bits per heavy atom. The van der Waals surface area contributed by atoms with Crippen LogP contribution in [0.25, 0.3) is 0 Å². The smallest absolute Gasteiger partial charge is 0.00200 e. The molecule has 2 nitrogen and oxygen atoms in total. The van der Waals surface area contributed by atoms with Gasteiger partial charge in [-0.3, -0.25) is 0 Å². The van der Waals surface area contributed by atoms with Crippen molar-refractivity contribution in [2.24, 2.45) is 34.8 Å². The molecule has 0 unspecified atom stereocenters. The van der Waals surface area contributed by atoms with Crippen molar-refractivity contribution in [1.29, 1.82) is 0 Å². The van der Waals surface area contributed by atoms with E-state index in [1.54, 1.807) is 0 Å². The molecule has 2 heteroatoms. The minimum absolute atomic E-state index is 0.421. The molecule has 3 aliphatic carbocycles. The van der Waals surface area contributed by atoms with E-state index in [1.165, 1.54) is 64.5 Å². The molecule has 3 aliphatic rings. The molecule has 0 aromatic rings. The second-order valence-corrected chi connectivity index (χ2v) is 7.86. The Kier molecular flexibility index (Phi) is 4.19. The van der Waals surface area contributed by atoms with E-state index in [1.807, 2.05) is 0 Å². The average Bonchev–Trinajstić information content (AvgIpc) is 3.29. The first-order chi connectivity index (χ1) is 9.22. The molecular formula is C17H32N2. The van der Waals surface area contributed by atoms with Gasteiger partial charge in [0.1, 0.15) is 0 Å². The molecule has 3 N–H and O–H groups in total. The molecule has 110 valence electrons. The van der Waals surface area contributed by atoms with E-state index >= 15 is 0 Å². The highest BCUT2D eigenvalue weighted by atomic mass is 14.9. The lowest BCUT2D eigenvalue weighted by atomic mass is 9.71. The van der Waals surface area contributed by atoms with E-state index in [-0.39, 0.29) is 0 Å². The highest BCUT2D eigenvalue weighted by molar-refractivity contribution is 4.94. The summed E-state index contributed by atoms with van der Waals surface area (Å²) in [5.74, 6) is 4.06. The normalized spacial score (nSPS) is 35.8. The third-order valence-corrected chi connectivity index (χ3v) is 6.10. The van der Waals surface area contributed by atoms with Gasteiger partial charge < -0.3 is 11.1 Å². The van der Waals surface area contributed by atoms with E-state index < -0.39 is 0 Å². The molecule has 0 aliphatic heterocycles. The van der Waals surface area contributed by atoms with E-state index in [2.05, 4.69) is 12.2 Å². The summed E-state index contributed by atoms with van der Waals surface area (Å²) in [7, 11) is 0. The maximum absolute atomic E-state index is 6.10. The van der Waals surface area contributed by atoms with Gasteiger partial charge in [-0.15, -0.1) is 0 Å². The third-order valence-electron chi connectivity index (χ3n) is 6.10. The van der Waals surface area contributed by atoms with Crippen molar-refractivity contribution in [3.05, 3.63) is 0 Å². The molecular weight excluding hydrogens is 232 g/mol. The Labute approximate surface area is 118 Å². The van der Waals surface area contributed by atoms with Crippen LogP contribution < -0.4 is 11.1 Å². The first-order valence-corrected chi connectivity index (χ1v) is 8.63. The predicted octanol–water partition coefficient (Wildman–Crippen LogP) is 3.17. The van der Waals surface area contributed by atoms with E-state index in [9.17, 15) is 0 Å². The molecule has 3 fully saturated rings. The third kappa shape index (κ3) is 3.52. The van der Waals surface area contributed by atoms with Gasteiger partial charge in [0, 0.05) is 6.54 Å². The van der Waals surface area contributed by atoms with Crippen molar-refractivity contribution < 1.29 is 0 Å². The van der Waals surface area contributed by atoms with Crippen molar-refractivity contribution in [1.82, 2.24) is 5.32 Å². The van der Waals surface area contributed by atoms with Crippen LogP contribution in [0.2, 0.25) is 0 Å². The monoisotopic (exact) mass is 264 g/mol. The van der Waals surface area contributed by atoms with Crippen LogP contribution in [0.4, 0.5) is 0 Å². The van der Waals surface area contributed by atoms with Gasteiger partial charge in [-0.05, 0) is 80.7 Å². The minimum Gasteiger partial charge on any atom is -0.330 e. The Morgan fingerprint density at radius 3 is 2.11 bits per heavy atom. The summed E-state index contributed by atoms with van der Waals surface area (Å²) >= 11 is 0. The molecule has 0 spiro atoms. The standard InChI is InChI=1S/C17H32N2/c1-13-6-8-17(11-18,9-7-13)12-19-10-16(14-2-3-14)15-4-5-15/h13-16,19H,2-12,18H2,1H3. The quantitative estimate of drug-likeness (QED) is 0.741. The summed E-state index contributed by atoms with van der Waals surface area (Å²) in [4.78, 5) is 0. The molecule has 3 rings (SSSR count). The number of hydrogen-bond acceptors (Lipinski definition) is 2. The molecule has 0 saturated heterocycles. The molecule has 0 bridgehead atoms. The zero-order valence-electron chi connectivity index (χ0n) is 12.7. The van der Waals surface area contributed by atoms with Crippen molar-refractivity contribution in [2.45, 2.75) is 58.3 Å². The maximum atomic E-state index is 6.10. The van der Waals surface area contributed by atoms with Crippen molar-refractivity contribution in [3.8, 4) is 0 Å². The lowest BCUT2D eigenvalue weighted by Gasteiger charge is -2.39. The van der Waals surface area contributed by atoms with Crippen LogP contribution in [-0.4, -0.2) is 19.6 Å². The maximum Gasteiger partial charge on any atom is 0.00200 e. The Bertz CT molecular complexity index is 274. The summed E-state index contributed by atoms with van der Waals surface area (Å²) in [6, 6.07) is 0. The van der Waals surface area contributed by atoms with Gasteiger partial charge in [-0.2, -0.15) is 0 Å². The van der Waals surface area contributed by atoms with Crippen LogP contribution in [0.5, 0.6) is 0 Å². The number of nitrogens with one attached hydrogen (secondary N) is 1.